The molecule has 32 nitrogen and oxygen atoms in total. The van der Waals surface area contributed by atoms with Gasteiger partial charge in [-0.05, 0) is 149 Å². The molecule has 0 heterocycles. The maximum Gasteiger partial charge on any atom is 0.303 e. The lowest BCUT2D eigenvalue weighted by Gasteiger charge is -2.34. The van der Waals surface area contributed by atoms with Crippen LogP contribution in [-0.4, -0.2) is 206 Å². The van der Waals surface area contributed by atoms with Crippen LogP contribution in [0.25, 0.3) is 11.1 Å². The van der Waals surface area contributed by atoms with Gasteiger partial charge in [-0.1, -0.05) is 0 Å². The number of hydrogen-bond acceptors (Lipinski definition) is 28. The van der Waals surface area contributed by atoms with E-state index in [0.717, 1.165) is 92.9 Å². The minimum absolute atomic E-state index is 0.0490. The standard InChI is InChI=1S/C58H68I6N4O28/c1-23(89-29(7)73)55(81)65-53-49(61)43(47(59)45(51(53)63)57(83)67(15-37(91-31(9)75)19-85-25(3)69)17-39(93-33(11)77)41(95-35(13)79)21-87-27(5)71)44-48(60)46(52(64)54(50(44)62)66-56(82)24(2)90-30(8)74)58(84)68(16-38(92-32(10)76)20-86-26(4)70)18-40(94-34(12)78)42(96-36(14)80)22-88-28(6)72/h23-24,37-42H,15-22H2,1-14H3,(H,65,81)(H,66,82). The number of carbonyl (C=O) groups excluding carboxylic acids is 16. The van der Waals surface area contributed by atoms with Gasteiger partial charge in [0, 0.05) is 108 Å². The number of hydrogen-bond donors (Lipinski definition) is 2. The lowest BCUT2D eigenvalue weighted by molar-refractivity contribution is -0.174. The molecule has 0 bridgehead atoms. The smallest absolute Gasteiger partial charge is 0.303 e. The fourth-order valence-electron chi connectivity index (χ4n) is 8.43. The zero-order valence-electron chi connectivity index (χ0n) is 53.9. The number of amides is 4. The predicted molar refractivity (Wildman–Crippen MR) is 380 cm³/mol. The van der Waals surface area contributed by atoms with Crippen LogP contribution in [0.15, 0.2) is 0 Å². The fraction of sp³-hybridized carbons (Fsp3) is 0.517. The van der Waals surface area contributed by atoms with Gasteiger partial charge in [-0.15, -0.1) is 0 Å². The van der Waals surface area contributed by atoms with Crippen molar-refractivity contribution in [3.8, 4) is 11.1 Å². The van der Waals surface area contributed by atoms with Crippen molar-refractivity contribution in [3.63, 3.8) is 0 Å². The molecule has 0 aliphatic rings. The first-order valence-electron chi connectivity index (χ1n) is 28.0. The van der Waals surface area contributed by atoms with Crippen molar-refractivity contribution in [2.75, 3.05) is 63.2 Å². The van der Waals surface area contributed by atoms with Crippen LogP contribution in [0.1, 0.15) is 118 Å². The molecule has 0 aliphatic heterocycles. The van der Waals surface area contributed by atoms with Crippen LogP contribution in [-0.2, 0) is 124 Å². The van der Waals surface area contributed by atoms with E-state index in [1.807, 2.05) is 45.2 Å². The van der Waals surface area contributed by atoms with Crippen molar-refractivity contribution < 1.29 is 134 Å². The predicted octanol–water partition coefficient (Wildman–Crippen LogP) is 5.49. The minimum Gasteiger partial charge on any atom is -0.462 e. The van der Waals surface area contributed by atoms with Crippen molar-refractivity contribution in [1.29, 1.82) is 0 Å². The molecule has 96 heavy (non-hydrogen) atoms. The molecule has 0 fully saturated rings. The van der Waals surface area contributed by atoms with Gasteiger partial charge in [-0.3, -0.25) is 76.7 Å². The molecule has 0 aromatic heterocycles. The van der Waals surface area contributed by atoms with Crippen LogP contribution in [0.2, 0.25) is 0 Å². The third-order valence-corrected chi connectivity index (χ3v) is 18.5. The van der Waals surface area contributed by atoms with E-state index in [4.69, 9.17) is 56.8 Å². The number of anilines is 2. The van der Waals surface area contributed by atoms with Crippen molar-refractivity contribution in [3.05, 3.63) is 32.5 Å². The summed E-state index contributed by atoms with van der Waals surface area (Å²) in [5, 5.41) is 5.43. The zero-order chi connectivity index (χ0) is 73.5. The second kappa shape index (κ2) is 41.0. The highest BCUT2D eigenvalue weighted by atomic mass is 127. The summed E-state index contributed by atoms with van der Waals surface area (Å²) in [7, 11) is 0. The second-order valence-corrected chi connectivity index (χ2v) is 26.8. The SMILES string of the molecule is CC(=O)OCC(CN(CC(OC(C)=O)C(COC(C)=O)OC(C)=O)C(=O)c1c(I)c(NC(=O)C(C)OC(C)=O)c(I)c(-c2c(I)c(NC(=O)C(C)OC(C)=O)c(I)c(C(=O)N(CC(COC(C)=O)OC(C)=O)CC(OC(C)=O)C(COC(C)=O)OC(C)=O)c2I)c1I)OC(C)=O. The van der Waals surface area contributed by atoms with Crippen LogP contribution in [0.5, 0.6) is 0 Å². The van der Waals surface area contributed by atoms with E-state index >= 15 is 9.59 Å². The van der Waals surface area contributed by atoms with Crippen molar-refractivity contribution in [1.82, 2.24) is 9.80 Å². The molecule has 0 saturated heterocycles. The molecule has 2 rings (SSSR count). The van der Waals surface area contributed by atoms with E-state index in [0.29, 0.717) is 0 Å². The van der Waals surface area contributed by atoms with E-state index in [2.05, 4.69) is 10.6 Å². The van der Waals surface area contributed by atoms with Crippen molar-refractivity contribution in [2.45, 2.75) is 146 Å². The molecule has 8 unspecified atom stereocenters. The summed E-state index contributed by atoms with van der Waals surface area (Å²) in [6.07, 6.45) is -12.9. The maximum atomic E-state index is 16.2. The quantitative estimate of drug-likeness (QED) is 0.0507. The van der Waals surface area contributed by atoms with Crippen LogP contribution >= 0.6 is 136 Å². The third-order valence-electron chi connectivity index (χ3n) is 12.1. The molecule has 0 saturated carbocycles. The highest BCUT2D eigenvalue weighted by molar-refractivity contribution is 14.1. The molecule has 2 aromatic rings. The Hall–Kier alpha value is -5.66. The Kier molecular flexibility index (Phi) is 36.9. The molecule has 8 atom stereocenters. The summed E-state index contributed by atoms with van der Waals surface area (Å²) in [5.41, 5.74) is -1.22. The first-order valence-corrected chi connectivity index (χ1v) is 34.5. The van der Waals surface area contributed by atoms with Gasteiger partial charge in [-0.25, -0.2) is 0 Å². The Morgan fingerprint density at radius 2 is 0.562 bits per heavy atom. The highest BCUT2D eigenvalue weighted by Crippen LogP contribution is 2.48. The number of carbonyl (C=O) groups is 16. The molecule has 38 heteroatoms. The molecule has 4 amide bonds. The van der Waals surface area contributed by atoms with Crippen LogP contribution < -0.4 is 10.6 Å². The summed E-state index contributed by atoms with van der Waals surface area (Å²) in [5.74, 6) is -15.2. The maximum absolute atomic E-state index is 16.2. The van der Waals surface area contributed by atoms with Gasteiger partial charge >= 0.3 is 71.6 Å². The molecule has 0 spiro atoms. The number of nitrogens with zero attached hydrogens (tertiary/aromatic N) is 2. The number of benzene rings is 2. The van der Waals surface area contributed by atoms with Crippen LogP contribution in [0.4, 0.5) is 11.4 Å². The molecular weight excluding hydrogens is 1960 g/mol. The zero-order valence-corrected chi connectivity index (χ0v) is 66.8. The van der Waals surface area contributed by atoms with Crippen LogP contribution in [0, 0.1) is 21.4 Å². The molecule has 530 valence electrons. The summed E-state index contributed by atoms with van der Waals surface area (Å²) in [6.45, 7) is 8.60. The number of esters is 12. The first kappa shape index (κ1) is 86.4. The number of ether oxygens (including phenoxy) is 12. The van der Waals surface area contributed by atoms with Gasteiger partial charge in [0.25, 0.3) is 23.6 Å². The first-order chi connectivity index (χ1) is 44.5. The summed E-state index contributed by atoms with van der Waals surface area (Å²) in [6, 6.07) is 0. The highest BCUT2D eigenvalue weighted by Gasteiger charge is 2.41. The average molecular weight is 2030 g/mol. The van der Waals surface area contributed by atoms with Gasteiger partial charge in [0.1, 0.15) is 26.4 Å². The molecule has 0 radical (unpaired) electrons. The normalized spacial score (nSPS) is 13.2. The Labute approximate surface area is 631 Å². The second-order valence-electron chi connectivity index (χ2n) is 20.3. The summed E-state index contributed by atoms with van der Waals surface area (Å²) >= 11 is 10.7. The number of nitrogens with one attached hydrogen (secondary N) is 2. The van der Waals surface area contributed by atoms with Crippen molar-refractivity contribution >= 4 is 242 Å². The number of rotatable bonds is 33. The lowest BCUT2D eigenvalue weighted by Crippen LogP contribution is -2.50. The third kappa shape index (κ3) is 28.3. The van der Waals surface area contributed by atoms with Gasteiger partial charge in [0.2, 0.25) is 0 Å². The van der Waals surface area contributed by atoms with E-state index in [1.54, 1.807) is 90.4 Å². The molecule has 2 N–H and O–H groups in total. The van der Waals surface area contributed by atoms with E-state index in [-0.39, 0.29) is 55.0 Å². The Bertz CT molecular complexity index is 3150. The van der Waals surface area contributed by atoms with E-state index in [9.17, 15) is 67.1 Å². The molecule has 2 aromatic carbocycles. The largest absolute Gasteiger partial charge is 0.462 e. The Morgan fingerprint density at radius 1 is 0.312 bits per heavy atom. The summed E-state index contributed by atoms with van der Waals surface area (Å²) in [4.78, 5) is 213. The van der Waals surface area contributed by atoms with E-state index in [1.165, 1.54) is 13.8 Å². The monoisotopic (exact) mass is 2030 g/mol. The summed E-state index contributed by atoms with van der Waals surface area (Å²) < 4.78 is 64.5. The van der Waals surface area contributed by atoms with Gasteiger partial charge in [0.15, 0.2) is 48.8 Å². The van der Waals surface area contributed by atoms with Gasteiger partial charge in [-0.2, -0.15) is 0 Å². The molecular formula is C58H68I6N4O28. The minimum atomic E-state index is -1.74. The van der Waals surface area contributed by atoms with Gasteiger partial charge < -0.3 is 77.3 Å². The molecule has 0 aliphatic carbocycles. The lowest BCUT2D eigenvalue weighted by atomic mass is 9.97. The van der Waals surface area contributed by atoms with Crippen molar-refractivity contribution in [2.24, 2.45) is 0 Å². The number of halogens is 6. The van der Waals surface area contributed by atoms with Gasteiger partial charge in [0.05, 0.1) is 55.8 Å². The Balaban J connectivity index is 3.73. The van der Waals surface area contributed by atoms with E-state index < -0.39 is 197 Å². The average Bonchev–Trinajstić information content (AvgIpc) is 0.733. The fourth-order valence-corrected chi connectivity index (χ4v) is 17.3. The van der Waals surface area contributed by atoms with Crippen LogP contribution in [0.3, 0.4) is 0 Å². The Morgan fingerprint density at radius 3 is 0.812 bits per heavy atom. The topological polar surface area (TPSA) is 414 Å².